The number of sulfone groups is 1. The maximum Gasteiger partial charge on any atom is 0.310 e. The van der Waals surface area contributed by atoms with E-state index in [1.165, 1.54) is 6.92 Å². The Morgan fingerprint density at radius 1 is 1.39 bits per heavy atom. The van der Waals surface area contributed by atoms with Crippen molar-refractivity contribution in [3.63, 3.8) is 0 Å². The average Bonchev–Trinajstić information content (AvgIpc) is 2.83. The van der Waals surface area contributed by atoms with Gasteiger partial charge >= 0.3 is 5.97 Å². The molecule has 0 aliphatic carbocycles. The number of esters is 1. The highest BCUT2D eigenvalue weighted by molar-refractivity contribution is 7.91. The topological polar surface area (TPSA) is 89.5 Å². The van der Waals surface area contributed by atoms with Gasteiger partial charge in [-0.1, -0.05) is 17.7 Å². The smallest absolute Gasteiger partial charge is 0.310 e. The molecular weight excluding hydrogens is 342 g/mol. The van der Waals surface area contributed by atoms with Crippen molar-refractivity contribution >= 4 is 39.0 Å². The molecule has 1 aliphatic rings. The molecule has 1 aromatic rings. The predicted octanol–water partition coefficient (Wildman–Crippen LogP) is 1.95. The number of hydrogen-bond acceptors (Lipinski definition) is 5. The number of carbonyl (C=O) groups excluding carboxylic acids is 2. The zero-order chi connectivity index (χ0) is 17.2. The van der Waals surface area contributed by atoms with Crippen molar-refractivity contribution in [1.29, 1.82) is 0 Å². The fraction of sp³-hybridized carbons (Fsp3) is 0.467. The van der Waals surface area contributed by atoms with Crippen LogP contribution in [0.5, 0.6) is 0 Å². The molecule has 1 heterocycles. The Morgan fingerprint density at radius 2 is 2.09 bits per heavy atom. The van der Waals surface area contributed by atoms with Gasteiger partial charge in [0.25, 0.3) is 5.91 Å². The summed E-state index contributed by atoms with van der Waals surface area (Å²) in [7, 11) is -3.17. The van der Waals surface area contributed by atoms with Crippen molar-refractivity contribution in [2.45, 2.75) is 26.4 Å². The number of aryl methyl sites for hydroxylation is 1. The molecular formula is C15H18ClNO5S. The molecule has 0 unspecified atom stereocenters. The Labute approximate surface area is 140 Å². The average molecular weight is 360 g/mol. The second kappa shape index (κ2) is 6.88. The van der Waals surface area contributed by atoms with Gasteiger partial charge in [-0.25, -0.2) is 8.42 Å². The highest BCUT2D eigenvalue weighted by Crippen LogP contribution is 2.22. The molecule has 8 heteroatoms. The van der Waals surface area contributed by atoms with Crippen molar-refractivity contribution in [2.24, 2.45) is 5.92 Å². The van der Waals surface area contributed by atoms with Crippen molar-refractivity contribution in [2.75, 3.05) is 16.8 Å². The van der Waals surface area contributed by atoms with E-state index in [1.54, 1.807) is 18.2 Å². The van der Waals surface area contributed by atoms with Gasteiger partial charge < -0.3 is 10.1 Å². The van der Waals surface area contributed by atoms with Crippen molar-refractivity contribution < 1.29 is 22.7 Å². The van der Waals surface area contributed by atoms with Crippen molar-refractivity contribution in [3.8, 4) is 0 Å². The lowest BCUT2D eigenvalue weighted by molar-refractivity contribution is -0.156. The fourth-order valence-corrected chi connectivity index (χ4v) is 4.17. The Bertz CT molecular complexity index is 731. The van der Waals surface area contributed by atoms with E-state index < -0.39 is 33.7 Å². The van der Waals surface area contributed by atoms with Gasteiger partial charge in [0.1, 0.15) is 0 Å². The molecule has 2 atom stereocenters. The maximum absolute atomic E-state index is 12.1. The molecule has 6 nitrogen and oxygen atoms in total. The number of hydrogen-bond donors (Lipinski definition) is 1. The summed E-state index contributed by atoms with van der Waals surface area (Å²) in [5, 5.41) is 3.12. The van der Waals surface area contributed by atoms with Crippen LogP contribution in [0.1, 0.15) is 18.9 Å². The third-order valence-corrected chi connectivity index (χ3v) is 5.69. The van der Waals surface area contributed by atoms with Gasteiger partial charge in [-0.2, -0.15) is 0 Å². The van der Waals surface area contributed by atoms with Crippen LogP contribution in [-0.2, 0) is 24.2 Å². The molecule has 0 saturated carbocycles. The zero-order valence-electron chi connectivity index (χ0n) is 12.8. The van der Waals surface area contributed by atoms with E-state index in [0.717, 1.165) is 5.56 Å². The minimum absolute atomic E-state index is 0.0188. The van der Waals surface area contributed by atoms with Crippen LogP contribution in [0, 0.1) is 12.8 Å². The molecule has 0 aromatic heterocycles. The molecule has 1 fully saturated rings. The summed E-state index contributed by atoms with van der Waals surface area (Å²) in [6.07, 6.45) is -0.785. The maximum atomic E-state index is 12.1. The number of anilines is 1. The SMILES string of the molecule is Cc1ccc(Cl)cc1NC(=O)[C@@H](C)OC(=O)[C@@H]1CCS(=O)(=O)C1. The first-order chi connectivity index (χ1) is 10.7. The van der Waals surface area contributed by atoms with Crippen LogP contribution in [-0.4, -0.2) is 37.9 Å². The number of halogens is 1. The molecule has 1 aliphatic heterocycles. The quantitative estimate of drug-likeness (QED) is 0.830. The van der Waals surface area contributed by atoms with Gasteiger partial charge in [0.2, 0.25) is 0 Å². The molecule has 0 radical (unpaired) electrons. The molecule has 2 rings (SSSR count). The van der Waals surface area contributed by atoms with Crippen LogP contribution in [0.3, 0.4) is 0 Å². The van der Waals surface area contributed by atoms with Crippen LogP contribution in [0.2, 0.25) is 5.02 Å². The lowest BCUT2D eigenvalue weighted by Gasteiger charge is -2.16. The minimum Gasteiger partial charge on any atom is -0.452 e. The standard InChI is InChI=1S/C15H18ClNO5S/c1-9-3-4-12(16)7-13(9)17-14(18)10(2)22-15(19)11-5-6-23(20,21)8-11/h3-4,7,10-11H,5-6,8H2,1-2H3,(H,17,18)/t10-,11-/m1/s1. The van der Waals surface area contributed by atoms with E-state index in [4.69, 9.17) is 16.3 Å². The van der Waals surface area contributed by atoms with E-state index in [1.807, 2.05) is 6.92 Å². The molecule has 1 N–H and O–H groups in total. The fourth-order valence-electron chi connectivity index (χ4n) is 2.27. The van der Waals surface area contributed by atoms with Gasteiger partial charge in [-0.3, -0.25) is 9.59 Å². The second-order valence-electron chi connectivity index (χ2n) is 5.63. The summed E-state index contributed by atoms with van der Waals surface area (Å²) >= 11 is 5.88. The normalized spacial score (nSPS) is 20.7. The van der Waals surface area contributed by atoms with Crippen LogP contribution in [0.25, 0.3) is 0 Å². The van der Waals surface area contributed by atoms with E-state index in [0.29, 0.717) is 10.7 Å². The number of rotatable bonds is 4. The van der Waals surface area contributed by atoms with Gasteiger partial charge in [0, 0.05) is 10.7 Å². The number of benzene rings is 1. The summed E-state index contributed by atoms with van der Waals surface area (Å²) in [5.41, 5.74) is 1.36. The summed E-state index contributed by atoms with van der Waals surface area (Å²) in [5.74, 6) is -2.08. The predicted molar refractivity (Wildman–Crippen MR) is 87.1 cm³/mol. The summed E-state index contributed by atoms with van der Waals surface area (Å²) < 4.78 is 27.8. The van der Waals surface area contributed by atoms with Gasteiger partial charge in [-0.05, 0) is 38.0 Å². The van der Waals surface area contributed by atoms with Gasteiger partial charge in [-0.15, -0.1) is 0 Å². The summed E-state index contributed by atoms with van der Waals surface area (Å²) in [6.45, 7) is 3.25. The molecule has 23 heavy (non-hydrogen) atoms. The van der Waals surface area contributed by atoms with Crippen LogP contribution in [0.15, 0.2) is 18.2 Å². The number of carbonyl (C=O) groups is 2. The lowest BCUT2D eigenvalue weighted by Crippen LogP contribution is -2.32. The Balaban J connectivity index is 1.95. The molecule has 1 aromatic carbocycles. The third-order valence-electron chi connectivity index (χ3n) is 3.69. The second-order valence-corrected chi connectivity index (χ2v) is 8.29. The molecule has 0 spiro atoms. The van der Waals surface area contributed by atoms with E-state index in [2.05, 4.69) is 5.32 Å². The third kappa shape index (κ3) is 4.68. The van der Waals surface area contributed by atoms with Crippen LogP contribution < -0.4 is 5.32 Å². The van der Waals surface area contributed by atoms with Crippen LogP contribution in [0.4, 0.5) is 5.69 Å². The number of nitrogens with one attached hydrogen (secondary N) is 1. The monoisotopic (exact) mass is 359 g/mol. The first kappa shape index (κ1) is 17.7. The first-order valence-corrected chi connectivity index (χ1v) is 9.36. The van der Waals surface area contributed by atoms with Crippen LogP contribution >= 0.6 is 11.6 Å². The minimum atomic E-state index is -3.17. The Kier molecular flexibility index (Phi) is 5.31. The highest BCUT2D eigenvalue weighted by atomic mass is 35.5. The Morgan fingerprint density at radius 3 is 2.70 bits per heavy atom. The van der Waals surface area contributed by atoms with E-state index in [-0.39, 0.29) is 17.9 Å². The zero-order valence-corrected chi connectivity index (χ0v) is 14.4. The molecule has 1 saturated heterocycles. The van der Waals surface area contributed by atoms with Gasteiger partial charge in [0.05, 0.1) is 17.4 Å². The Hall–Kier alpha value is -1.60. The van der Waals surface area contributed by atoms with E-state index in [9.17, 15) is 18.0 Å². The van der Waals surface area contributed by atoms with Crippen molar-refractivity contribution in [3.05, 3.63) is 28.8 Å². The number of amides is 1. The molecule has 126 valence electrons. The summed E-state index contributed by atoms with van der Waals surface area (Å²) in [6, 6.07) is 5.07. The van der Waals surface area contributed by atoms with Gasteiger partial charge in [0.15, 0.2) is 15.9 Å². The number of ether oxygens (including phenoxy) is 1. The van der Waals surface area contributed by atoms with E-state index >= 15 is 0 Å². The first-order valence-electron chi connectivity index (χ1n) is 7.16. The van der Waals surface area contributed by atoms with Crippen molar-refractivity contribution in [1.82, 2.24) is 0 Å². The highest BCUT2D eigenvalue weighted by Gasteiger charge is 2.35. The summed E-state index contributed by atoms with van der Waals surface area (Å²) in [4.78, 5) is 24.0. The molecule has 1 amide bonds. The lowest BCUT2D eigenvalue weighted by atomic mass is 10.1. The molecule has 0 bridgehead atoms. The largest absolute Gasteiger partial charge is 0.452 e.